The molecule has 3 aromatic heterocycles. The third-order valence-corrected chi connectivity index (χ3v) is 8.11. The minimum Gasteiger partial charge on any atom is -0.481 e. The molecule has 3 aromatic rings. The fourth-order valence-corrected chi connectivity index (χ4v) is 5.87. The number of nitrogen functional groups attached to an aromatic ring is 1. The van der Waals surface area contributed by atoms with E-state index in [9.17, 15) is 9.18 Å². The number of nitrogens with two attached hydrogens (primary N) is 1. The molecule has 9 heteroatoms. The van der Waals surface area contributed by atoms with Gasteiger partial charge in [0.15, 0.2) is 0 Å². The lowest BCUT2D eigenvalue weighted by Crippen LogP contribution is -2.34. The standard InChI is InChI=1S/C25H28FN5O2S/c1-14(18-9-22(33-3)28-12-20(18)26)24(32)31-7-6-25(10-21(25)31)5-4-16-8-19(15(2)30-23(16)27)17-11-29-34-13-17/h8-9,11-14,21H,4-7,10H2,1-3H3,(H2,27,30)/t14-,21?,25-/m1/s1. The summed E-state index contributed by atoms with van der Waals surface area (Å²) < 4.78 is 23.7. The largest absolute Gasteiger partial charge is 0.481 e. The average molecular weight is 482 g/mol. The molecular formula is C25H28FN5O2S. The minimum atomic E-state index is -0.591. The number of nitrogens with zero attached hydrogens (tertiary/aromatic N) is 4. The van der Waals surface area contributed by atoms with E-state index in [-0.39, 0.29) is 17.4 Å². The second-order valence-corrected chi connectivity index (χ2v) is 10.1. The van der Waals surface area contributed by atoms with E-state index in [1.165, 1.54) is 24.7 Å². The predicted molar refractivity (Wildman–Crippen MR) is 129 cm³/mol. The van der Waals surface area contributed by atoms with E-state index in [2.05, 4.69) is 20.4 Å². The topological polar surface area (TPSA) is 94.2 Å². The Morgan fingerprint density at radius 3 is 2.94 bits per heavy atom. The van der Waals surface area contributed by atoms with Crippen LogP contribution in [0, 0.1) is 18.2 Å². The van der Waals surface area contributed by atoms with Crippen LogP contribution in [-0.2, 0) is 11.2 Å². The summed E-state index contributed by atoms with van der Waals surface area (Å²) in [5, 5.41) is 2.02. The number of halogens is 1. The predicted octanol–water partition coefficient (Wildman–Crippen LogP) is 4.37. The average Bonchev–Trinajstić information content (AvgIpc) is 3.15. The van der Waals surface area contributed by atoms with Crippen LogP contribution in [0.4, 0.5) is 10.2 Å². The summed E-state index contributed by atoms with van der Waals surface area (Å²) in [5.74, 6) is -0.242. The van der Waals surface area contributed by atoms with Gasteiger partial charge in [-0.1, -0.05) is 0 Å². The van der Waals surface area contributed by atoms with Crippen molar-refractivity contribution in [3.8, 4) is 17.0 Å². The molecule has 0 spiro atoms. The third-order valence-electron chi connectivity index (χ3n) is 7.52. The summed E-state index contributed by atoms with van der Waals surface area (Å²) in [7, 11) is 1.48. The van der Waals surface area contributed by atoms with Gasteiger partial charge in [0.1, 0.15) is 11.6 Å². The molecule has 7 nitrogen and oxygen atoms in total. The summed E-state index contributed by atoms with van der Waals surface area (Å²) in [6.45, 7) is 4.42. The first-order valence-corrected chi connectivity index (χ1v) is 12.3. The molecule has 1 saturated heterocycles. The number of anilines is 1. The molecule has 34 heavy (non-hydrogen) atoms. The van der Waals surface area contributed by atoms with Crippen molar-refractivity contribution in [3.63, 3.8) is 0 Å². The van der Waals surface area contributed by atoms with Crippen molar-refractivity contribution in [1.29, 1.82) is 0 Å². The van der Waals surface area contributed by atoms with E-state index in [1.807, 2.05) is 23.4 Å². The van der Waals surface area contributed by atoms with Crippen LogP contribution >= 0.6 is 11.5 Å². The number of hydrogen-bond acceptors (Lipinski definition) is 7. The van der Waals surface area contributed by atoms with E-state index < -0.39 is 11.7 Å². The number of amides is 1. The molecule has 2 aliphatic rings. The van der Waals surface area contributed by atoms with E-state index in [0.29, 0.717) is 23.8 Å². The van der Waals surface area contributed by atoms with Gasteiger partial charge in [0.05, 0.1) is 19.2 Å². The number of methoxy groups -OCH3 is 1. The fraction of sp³-hybridized carbons (Fsp3) is 0.440. The smallest absolute Gasteiger partial charge is 0.230 e. The molecule has 1 aliphatic carbocycles. The number of pyridine rings is 2. The van der Waals surface area contributed by atoms with Crippen LogP contribution < -0.4 is 10.5 Å². The highest BCUT2D eigenvalue weighted by Gasteiger charge is 2.61. The number of piperidine rings is 1. The number of carbonyl (C=O) groups excluding carboxylic acids is 1. The number of hydrogen-bond donors (Lipinski definition) is 1. The summed E-state index contributed by atoms with van der Waals surface area (Å²) in [6, 6.07) is 3.85. The Balaban J connectivity index is 1.27. The Kier molecular flexibility index (Phi) is 5.75. The number of rotatable bonds is 7. The first kappa shape index (κ1) is 22.7. The van der Waals surface area contributed by atoms with Crippen molar-refractivity contribution in [2.45, 2.75) is 51.5 Å². The van der Waals surface area contributed by atoms with Gasteiger partial charge in [-0.3, -0.25) is 4.79 Å². The molecule has 1 saturated carbocycles. The summed E-state index contributed by atoms with van der Waals surface area (Å²) >= 11 is 1.42. The van der Waals surface area contributed by atoms with Crippen LogP contribution in [0.5, 0.6) is 5.88 Å². The number of carbonyl (C=O) groups is 1. The Morgan fingerprint density at radius 1 is 1.41 bits per heavy atom. The number of fused-ring (bicyclic) bond motifs is 1. The molecule has 0 radical (unpaired) electrons. The van der Waals surface area contributed by atoms with E-state index in [4.69, 9.17) is 10.5 Å². The van der Waals surface area contributed by atoms with Crippen LogP contribution in [0.3, 0.4) is 0 Å². The SMILES string of the molecule is COc1cc([C@@H](C)C(=O)N2CC[C@]3(CCc4cc(-c5cnsc5)c(C)nc4N)CC23)c(F)cn1. The monoisotopic (exact) mass is 481 g/mol. The molecule has 1 unspecified atom stereocenters. The summed E-state index contributed by atoms with van der Waals surface area (Å²) in [5.41, 5.74) is 10.8. The van der Waals surface area contributed by atoms with Gasteiger partial charge < -0.3 is 15.4 Å². The van der Waals surface area contributed by atoms with Crippen LogP contribution in [0.25, 0.3) is 11.1 Å². The molecule has 2 N–H and O–H groups in total. The lowest BCUT2D eigenvalue weighted by atomic mass is 9.93. The Bertz CT molecular complexity index is 1230. The van der Waals surface area contributed by atoms with Crippen molar-refractivity contribution in [2.75, 3.05) is 19.4 Å². The molecule has 2 fully saturated rings. The van der Waals surface area contributed by atoms with Gasteiger partial charge in [-0.15, -0.1) is 0 Å². The van der Waals surface area contributed by atoms with Gasteiger partial charge >= 0.3 is 0 Å². The normalized spacial score (nSPS) is 21.9. The number of aryl methyl sites for hydroxylation is 2. The van der Waals surface area contributed by atoms with Crippen molar-refractivity contribution in [2.24, 2.45) is 5.41 Å². The number of likely N-dealkylation sites (tertiary alicyclic amines) is 1. The first-order valence-electron chi connectivity index (χ1n) is 11.5. The number of aromatic nitrogens is 3. The zero-order valence-electron chi connectivity index (χ0n) is 19.5. The lowest BCUT2D eigenvalue weighted by Gasteiger charge is -2.23. The molecule has 3 atom stereocenters. The quantitative estimate of drug-likeness (QED) is 0.539. The van der Waals surface area contributed by atoms with Crippen LogP contribution in [0.15, 0.2) is 29.9 Å². The molecule has 1 amide bonds. The van der Waals surface area contributed by atoms with Crippen molar-refractivity contribution < 1.29 is 13.9 Å². The minimum absolute atomic E-state index is 0.0414. The Hall–Kier alpha value is -3.07. The van der Waals surface area contributed by atoms with Gasteiger partial charge in [-0.05, 0) is 68.1 Å². The highest BCUT2D eigenvalue weighted by molar-refractivity contribution is 7.03. The highest BCUT2D eigenvalue weighted by atomic mass is 32.1. The maximum absolute atomic E-state index is 14.4. The first-order chi connectivity index (χ1) is 16.3. The third kappa shape index (κ3) is 3.91. The maximum atomic E-state index is 14.4. The summed E-state index contributed by atoms with van der Waals surface area (Å²) in [4.78, 5) is 23.7. The van der Waals surface area contributed by atoms with Crippen LogP contribution in [0.2, 0.25) is 0 Å². The van der Waals surface area contributed by atoms with E-state index >= 15 is 0 Å². The maximum Gasteiger partial charge on any atom is 0.230 e. The molecule has 1 aliphatic heterocycles. The lowest BCUT2D eigenvalue weighted by molar-refractivity contribution is -0.132. The Labute approximate surface area is 202 Å². The Morgan fingerprint density at radius 2 is 2.24 bits per heavy atom. The van der Waals surface area contributed by atoms with E-state index in [0.717, 1.165) is 54.3 Å². The molecule has 178 valence electrons. The second kappa shape index (κ2) is 8.61. The molecule has 4 heterocycles. The van der Waals surface area contributed by atoms with Crippen molar-refractivity contribution >= 4 is 23.3 Å². The van der Waals surface area contributed by atoms with Gasteiger partial charge in [0.25, 0.3) is 0 Å². The zero-order valence-corrected chi connectivity index (χ0v) is 20.4. The fourth-order valence-electron chi connectivity index (χ4n) is 5.33. The van der Waals surface area contributed by atoms with Gasteiger partial charge in [-0.2, -0.15) is 0 Å². The van der Waals surface area contributed by atoms with Gasteiger partial charge in [0, 0.05) is 52.6 Å². The van der Waals surface area contributed by atoms with Gasteiger partial charge in [-0.25, -0.2) is 18.7 Å². The molecular weight excluding hydrogens is 453 g/mol. The number of ether oxygens (including phenoxy) is 1. The van der Waals surface area contributed by atoms with Crippen molar-refractivity contribution in [3.05, 3.63) is 52.5 Å². The summed E-state index contributed by atoms with van der Waals surface area (Å²) in [6.07, 6.45) is 6.67. The van der Waals surface area contributed by atoms with Crippen LogP contribution in [-0.4, -0.2) is 44.8 Å². The zero-order chi connectivity index (χ0) is 24.0. The highest BCUT2D eigenvalue weighted by Crippen LogP contribution is 2.60. The van der Waals surface area contributed by atoms with E-state index in [1.54, 1.807) is 6.92 Å². The molecule has 0 bridgehead atoms. The van der Waals surface area contributed by atoms with Crippen molar-refractivity contribution in [1.82, 2.24) is 19.2 Å². The molecule has 0 aromatic carbocycles. The van der Waals surface area contributed by atoms with Crippen LogP contribution in [0.1, 0.15) is 48.9 Å². The van der Waals surface area contributed by atoms with Gasteiger partial charge in [0.2, 0.25) is 11.8 Å². The second-order valence-electron chi connectivity index (χ2n) is 9.41. The molecule has 5 rings (SSSR count).